The number of carbonyl (C=O) groups is 2. The lowest BCUT2D eigenvalue weighted by Crippen LogP contribution is -2.36. The van der Waals surface area contributed by atoms with Crippen molar-refractivity contribution >= 4 is 49.8 Å². The summed E-state index contributed by atoms with van der Waals surface area (Å²) in [5.41, 5.74) is 2.94. The van der Waals surface area contributed by atoms with E-state index in [9.17, 15) is 32.7 Å². The van der Waals surface area contributed by atoms with E-state index in [0.717, 1.165) is 17.7 Å². The van der Waals surface area contributed by atoms with Crippen molar-refractivity contribution in [2.24, 2.45) is 0 Å². The quantitative estimate of drug-likeness (QED) is 0.0747. The molecule has 3 N–H and O–H groups in total. The van der Waals surface area contributed by atoms with E-state index in [4.69, 9.17) is 0 Å². The highest BCUT2D eigenvalue weighted by Gasteiger charge is 2.18. The van der Waals surface area contributed by atoms with Gasteiger partial charge in [0.15, 0.2) is 0 Å². The van der Waals surface area contributed by atoms with Crippen molar-refractivity contribution in [1.29, 1.82) is 0 Å². The Morgan fingerprint density at radius 1 is 0.740 bits per heavy atom. The average molecular weight is 697 g/mol. The zero-order valence-corrected chi connectivity index (χ0v) is 29.3. The third-order valence-corrected chi connectivity index (χ3v) is 8.94. The van der Waals surface area contributed by atoms with Crippen molar-refractivity contribution in [2.45, 2.75) is 51.6 Å². The van der Waals surface area contributed by atoms with E-state index in [0.29, 0.717) is 28.7 Å². The Morgan fingerprint density at radius 3 is 1.68 bits per heavy atom. The molecule has 0 heterocycles. The van der Waals surface area contributed by atoms with Crippen LogP contribution in [0.15, 0.2) is 114 Å². The van der Waals surface area contributed by atoms with Crippen molar-refractivity contribution in [3.05, 3.63) is 130 Å². The second-order valence-electron chi connectivity index (χ2n) is 12.0. The van der Waals surface area contributed by atoms with Crippen LogP contribution in [-0.2, 0) is 10.1 Å². The van der Waals surface area contributed by atoms with Crippen LogP contribution < -0.4 is 10.6 Å². The fourth-order valence-electron chi connectivity index (χ4n) is 5.64. The number of carbonyl (C=O) groups excluding carboxylic acids is 2. The fraction of sp³-hybridized carbons (Fsp3) is 0.211. The summed E-state index contributed by atoms with van der Waals surface area (Å²) in [4.78, 5) is 37.9. The van der Waals surface area contributed by atoms with Crippen LogP contribution in [0.5, 0.6) is 0 Å². The molecule has 0 spiro atoms. The number of hydrogen-bond acceptors (Lipinski definition) is 7. The van der Waals surface area contributed by atoms with E-state index in [1.165, 1.54) is 36.4 Å². The minimum absolute atomic E-state index is 0.103. The summed E-state index contributed by atoms with van der Waals surface area (Å²) in [6.07, 6.45) is 0. The molecule has 260 valence electrons. The minimum Gasteiger partial charge on any atom is -0.322 e. The largest absolute Gasteiger partial charge is 0.322 e. The van der Waals surface area contributed by atoms with Crippen molar-refractivity contribution in [3.63, 3.8) is 0 Å². The van der Waals surface area contributed by atoms with Gasteiger partial charge in [-0.05, 0) is 99.3 Å². The Balaban J connectivity index is 0.000000551. The van der Waals surface area contributed by atoms with Gasteiger partial charge in [0.2, 0.25) is 0 Å². The number of nitro benzene ring substituents is 1. The smallest absolute Gasteiger partial charge is 0.295 e. The highest BCUT2D eigenvalue weighted by atomic mass is 32.2. The number of anilines is 2. The summed E-state index contributed by atoms with van der Waals surface area (Å²) in [6, 6.07) is 29.8. The maximum Gasteiger partial charge on any atom is 0.295 e. The number of fused-ring (bicyclic) bond motifs is 1. The normalized spacial score (nSPS) is 11.3. The molecule has 11 nitrogen and oxygen atoms in total. The van der Waals surface area contributed by atoms with Crippen LogP contribution in [0, 0.1) is 10.1 Å². The lowest BCUT2D eigenvalue weighted by molar-refractivity contribution is -0.384. The Bertz CT molecular complexity index is 2070. The van der Waals surface area contributed by atoms with Gasteiger partial charge in [0.05, 0.1) is 10.6 Å². The molecule has 0 aliphatic rings. The van der Waals surface area contributed by atoms with Gasteiger partial charge in [-0.15, -0.1) is 0 Å². The number of nitrogens with zero attached hydrogens (tertiary/aromatic N) is 2. The van der Waals surface area contributed by atoms with Crippen molar-refractivity contribution in [3.8, 4) is 11.1 Å². The Labute approximate surface area is 291 Å². The number of non-ortho nitro benzene ring substituents is 1. The summed E-state index contributed by atoms with van der Waals surface area (Å²) in [6.45, 7) is 12.3. The first-order valence-electron chi connectivity index (χ1n) is 16.0. The van der Waals surface area contributed by atoms with Crippen LogP contribution >= 0.6 is 0 Å². The zero-order valence-electron chi connectivity index (χ0n) is 28.5. The van der Waals surface area contributed by atoms with E-state index >= 15 is 0 Å². The molecule has 5 aromatic carbocycles. The molecule has 0 radical (unpaired) electrons. The third kappa shape index (κ3) is 9.38. The molecule has 0 aromatic heterocycles. The predicted octanol–water partition coefficient (Wildman–Crippen LogP) is 8.29. The number of benzene rings is 5. The van der Waals surface area contributed by atoms with Crippen LogP contribution in [0.2, 0.25) is 0 Å². The SMILES string of the molecule is CCN(C(C)C)C(C)C.O=C(Nc1ccc(-c2ccc(C(=O)Nc3cccc4cccc(S(=O)(=O)O)c34)cc2)cc1)c1ccc([N+](=O)[O-])cc1. The molecule has 0 saturated heterocycles. The molecule has 50 heavy (non-hydrogen) atoms. The highest BCUT2D eigenvalue weighted by Crippen LogP contribution is 2.31. The molecular weight excluding hydrogens is 657 g/mol. The first kappa shape index (κ1) is 37.4. The Hall–Kier alpha value is -5.43. The maximum atomic E-state index is 13.0. The second-order valence-corrected chi connectivity index (χ2v) is 13.4. The number of amides is 2. The van der Waals surface area contributed by atoms with E-state index in [1.54, 1.807) is 72.8 Å². The van der Waals surface area contributed by atoms with Crippen LogP contribution in [0.4, 0.5) is 17.1 Å². The molecule has 0 aliphatic heterocycles. The summed E-state index contributed by atoms with van der Waals surface area (Å²) in [5, 5.41) is 17.0. The minimum atomic E-state index is -4.51. The van der Waals surface area contributed by atoms with Gasteiger partial charge in [0, 0.05) is 46.4 Å². The predicted molar refractivity (Wildman–Crippen MR) is 197 cm³/mol. The van der Waals surface area contributed by atoms with Gasteiger partial charge in [0.25, 0.3) is 27.6 Å². The van der Waals surface area contributed by atoms with Gasteiger partial charge in [-0.25, -0.2) is 0 Å². The summed E-state index contributed by atoms with van der Waals surface area (Å²) in [7, 11) is -4.51. The first-order chi connectivity index (χ1) is 23.7. The molecule has 0 fully saturated rings. The Kier molecular flexibility index (Phi) is 12.2. The second kappa shape index (κ2) is 16.3. The first-order valence-corrected chi connectivity index (χ1v) is 17.5. The molecule has 2 amide bonds. The van der Waals surface area contributed by atoms with Crippen LogP contribution in [-0.4, -0.2) is 53.2 Å². The topological polar surface area (TPSA) is 159 Å². The van der Waals surface area contributed by atoms with Crippen molar-refractivity contribution in [2.75, 3.05) is 17.2 Å². The number of rotatable bonds is 10. The van der Waals surface area contributed by atoms with Gasteiger partial charge < -0.3 is 10.6 Å². The van der Waals surface area contributed by atoms with Gasteiger partial charge in [-0.1, -0.05) is 55.5 Å². The molecule has 12 heteroatoms. The van der Waals surface area contributed by atoms with Crippen LogP contribution in [0.3, 0.4) is 0 Å². The molecule has 0 bridgehead atoms. The number of nitrogens with one attached hydrogen (secondary N) is 2. The van der Waals surface area contributed by atoms with Crippen molar-refractivity contribution < 1.29 is 27.5 Å². The van der Waals surface area contributed by atoms with Crippen LogP contribution in [0.25, 0.3) is 21.9 Å². The molecule has 0 unspecified atom stereocenters. The van der Waals surface area contributed by atoms with E-state index in [-0.39, 0.29) is 27.2 Å². The molecule has 5 rings (SSSR count). The highest BCUT2D eigenvalue weighted by molar-refractivity contribution is 7.86. The zero-order chi connectivity index (χ0) is 36.6. The molecular formula is C38H40N4O7S. The lowest BCUT2D eigenvalue weighted by Gasteiger charge is -2.28. The molecule has 5 aromatic rings. The van der Waals surface area contributed by atoms with Crippen molar-refractivity contribution in [1.82, 2.24) is 4.90 Å². The maximum absolute atomic E-state index is 13.0. The number of nitro groups is 1. The Morgan fingerprint density at radius 2 is 1.22 bits per heavy atom. The molecule has 0 aliphatic carbocycles. The van der Waals surface area contributed by atoms with E-state index < -0.39 is 26.9 Å². The van der Waals surface area contributed by atoms with Gasteiger partial charge >= 0.3 is 0 Å². The number of hydrogen-bond donors (Lipinski definition) is 3. The monoisotopic (exact) mass is 696 g/mol. The molecule has 0 saturated carbocycles. The van der Waals surface area contributed by atoms with Gasteiger partial charge in [-0.2, -0.15) is 8.42 Å². The third-order valence-electron chi connectivity index (χ3n) is 8.05. The van der Waals surface area contributed by atoms with Gasteiger partial charge in [-0.3, -0.25) is 29.2 Å². The summed E-state index contributed by atoms with van der Waals surface area (Å²) >= 11 is 0. The standard InChI is InChI=1S/C30H21N3O7S.C8H19N/c34-29(23-13-17-25(18-14-23)33(36)37)31-24-15-11-20(12-16-24)19-7-9-22(10-8-19)30(35)32-26-5-1-3-21-4-2-6-27(28(21)26)41(38,39)40;1-6-9(7(2)3)8(4)5/h1-18H,(H,31,34)(H,32,35)(H,38,39,40);7-8H,6H2,1-5H3. The lowest BCUT2D eigenvalue weighted by atomic mass is 10.0. The molecule has 0 atom stereocenters. The summed E-state index contributed by atoms with van der Waals surface area (Å²) < 4.78 is 33.5. The van der Waals surface area contributed by atoms with Crippen LogP contribution in [0.1, 0.15) is 55.3 Å². The average Bonchev–Trinajstić information content (AvgIpc) is 3.08. The van der Waals surface area contributed by atoms with E-state index in [1.807, 2.05) is 0 Å². The fourth-order valence-corrected chi connectivity index (χ4v) is 6.38. The van der Waals surface area contributed by atoms with Gasteiger partial charge in [0.1, 0.15) is 4.90 Å². The van der Waals surface area contributed by atoms with E-state index in [2.05, 4.69) is 50.2 Å². The summed E-state index contributed by atoms with van der Waals surface area (Å²) in [5.74, 6) is -0.864.